The molecule has 1 saturated heterocycles. The molecule has 1 aromatic carbocycles. The standard InChI is InChI=1S/C18H17N3O3.C2H6/c22-16-13-5-1-2-6-14(13)18(24-16)8-11-21(12-9-18)17(23)20-15-7-3-4-10-19-15;1-2/h1-7,10H,8-9,11-12H2,(H,19,20,23);1-2H3. The quantitative estimate of drug-likeness (QED) is 0.792. The van der Waals surface area contributed by atoms with Crippen LogP contribution in [0.3, 0.4) is 0 Å². The SMILES string of the molecule is CC.O=C1OC2(CCN(C(=O)Nc3ccccn3)CC2)c2ccccc21. The topological polar surface area (TPSA) is 71.5 Å². The molecule has 1 aromatic heterocycles. The van der Waals surface area contributed by atoms with Crippen LogP contribution in [0.5, 0.6) is 0 Å². The van der Waals surface area contributed by atoms with Gasteiger partial charge >= 0.3 is 12.0 Å². The van der Waals surface area contributed by atoms with Gasteiger partial charge in [0.2, 0.25) is 0 Å². The molecule has 6 heteroatoms. The second kappa shape index (κ2) is 7.56. The minimum Gasteiger partial charge on any atom is -0.450 e. The van der Waals surface area contributed by atoms with Crippen LogP contribution in [0, 0.1) is 0 Å². The van der Waals surface area contributed by atoms with E-state index in [0.717, 1.165) is 5.56 Å². The predicted molar refractivity (Wildman–Crippen MR) is 98.9 cm³/mol. The van der Waals surface area contributed by atoms with E-state index in [1.165, 1.54) is 0 Å². The fourth-order valence-corrected chi connectivity index (χ4v) is 3.41. The largest absolute Gasteiger partial charge is 0.450 e. The molecule has 136 valence electrons. The molecule has 1 spiro atoms. The molecule has 26 heavy (non-hydrogen) atoms. The fourth-order valence-electron chi connectivity index (χ4n) is 3.41. The normalized spacial score (nSPS) is 17.0. The average Bonchev–Trinajstić information content (AvgIpc) is 2.97. The number of fused-ring (bicyclic) bond motifs is 2. The van der Waals surface area contributed by atoms with Crippen LogP contribution < -0.4 is 5.32 Å². The van der Waals surface area contributed by atoms with Gasteiger partial charge in [-0.2, -0.15) is 0 Å². The number of pyridine rings is 1. The smallest absolute Gasteiger partial charge is 0.339 e. The van der Waals surface area contributed by atoms with Crippen LogP contribution in [-0.2, 0) is 10.3 Å². The Labute approximate surface area is 153 Å². The molecule has 2 aromatic rings. The van der Waals surface area contributed by atoms with Crippen molar-refractivity contribution in [3.8, 4) is 0 Å². The summed E-state index contributed by atoms with van der Waals surface area (Å²) in [6.07, 6.45) is 2.84. The van der Waals surface area contributed by atoms with Crippen LogP contribution >= 0.6 is 0 Å². The Kier molecular flexibility index (Phi) is 5.21. The zero-order chi connectivity index (χ0) is 18.6. The Bertz CT molecular complexity index is 784. The number of urea groups is 1. The number of hydrogen-bond acceptors (Lipinski definition) is 4. The van der Waals surface area contributed by atoms with E-state index < -0.39 is 5.60 Å². The molecule has 0 aliphatic carbocycles. The lowest BCUT2D eigenvalue weighted by Gasteiger charge is -2.38. The lowest BCUT2D eigenvalue weighted by Crippen LogP contribution is -2.46. The first-order chi connectivity index (χ1) is 12.7. The first-order valence-electron chi connectivity index (χ1n) is 8.98. The summed E-state index contributed by atoms with van der Waals surface area (Å²) in [6.45, 7) is 5.06. The Morgan fingerprint density at radius 1 is 1.12 bits per heavy atom. The highest BCUT2D eigenvalue weighted by molar-refractivity contribution is 5.95. The van der Waals surface area contributed by atoms with Gasteiger partial charge in [0, 0.05) is 37.7 Å². The van der Waals surface area contributed by atoms with Crippen LogP contribution in [0.15, 0.2) is 48.7 Å². The molecule has 1 fully saturated rings. The van der Waals surface area contributed by atoms with Crippen LogP contribution in [0.1, 0.15) is 42.6 Å². The molecule has 0 bridgehead atoms. The van der Waals surface area contributed by atoms with Gasteiger partial charge in [-0.25, -0.2) is 14.6 Å². The maximum Gasteiger partial charge on any atom is 0.339 e. The second-order valence-corrected chi connectivity index (χ2v) is 6.06. The van der Waals surface area contributed by atoms with Crippen molar-refractivity contribution in [2.24, 2.45) is 0 Å². The summed E-state index contributed by atoms with van der Waals surface area (Å²) in [5, 5.41) is 2.79. The predicted octanol–water partition coefficient (Wildman–Crippen LogP) is 3.80. The van der Waals surface area contributed by atoms with Gasteiger partial charge in [-0.15, -0.1) is 0 Å². The minimum absolute atomic E-state index is 0.179. The minimum atomic E-state index is -0.588. The number of carbonyl (C=O) groups is 2. The zero-order valence-corrected chi connectivity index (χ0v) is 15.1. The summed E-state index contributed by atoms with van der Waals surface area (Å²) in [5.41, 5.74) is 0.999. The number of nitrogens with one attached hydrogen (secondary N) is 1. The number of aromatic nitrogens is 1. The van der Waals surface area contributed by atoms with Crippen molar-refractivity contribution in [1.82, 2.24) is 9.88 Å². The number of likely N-dealkylation sites (tertiary alicyclic amines) is 1. The number of anilines is 1. The number of nitrogens with zero attached hydrogens (tertiary/aromatic N) is 2. The van der Waals surface area contributed by atoms with Gasteiger partial charge in [-0.05, 0) is 18.2 Å². The summed E-state index contributed by atoms with van der Waals surface area (Å²) >= 11 is 0. The summed E-state index contributed by atoms with van der Waals surface area (Å²) in [5.74, 6) is 0.261. The number of esters is 1. The number of benzene rings is 1. The van der Waals surface area contributed by atoms with Crippen molar-refractivity contribution in [2.45, 2.75) is 32.3 Å². The first kappa shape index (κ1) is 17.9. The molecule has 0 atom stereocenters. The second-order valence-electron chi connectivity index (χ2n) is 6.06. The van der Waals surface area contributed by atoms with Crippen LogP contribution in [0.25, 0.3) is 0 Å². The molecule has 0 saturated carbocycles. The van der Waals surface area contributed by atoms with Crippen LogP contribution in [0.2, 0.25) is 0 Å². The number of piperidine rings is 1. The Balaban J connectivity index is 0.000000948. The van der Waals surface area contributed by atoms with Crippen molar-refractivity contribution in [3.63, 3.8) is 0 Å². The van der Waals surface area contributed by atoms with E-state index in [0.29, 0.717) is 37.3 Å². The first-order valence-corrected chi connectivity index (χ1v) is 8.98. The molecular formula is C20H23N3O3. The van der Waals surface area contributed by atoms with E-state index in [9.17, 15) is 9.59 Å². The summed E-state index contributed by atoms with van der Waals surface area (Å²) < 4.78 is 5.70. The van der Waals surface area contributed by atoms with Gasteiger partial charge in [0.25, 0.3) is 0 Å². The molecule has 4 rings (SSSR count). The van der Waals surface area contributed by atoms with E-state index in [1.54, 1.807) is 29.3 Å². The highest BCUT2D eigenvalue weighted by atomic mass is 16.6. The van der Waals surface area contributed by atoms with Gasteiger partial charge in [-0.3, -0.25) is 5.32 Å². The highest BCUT2D eigenvalue weighted by Gasteiger charge is 2.47. The van der Waals surface area contributed by atoms with Gasteiger partial charge in [0.1, 0.15) is 11.4 Å². The third kappa shape index (κ3) is 3.27. The number of carbonyl (C=O) groups excluding carboxylic acids is 2. The molecular weight excluding hydrogens is 330 g/mol. The highest BCUT2D eigenvalue weighted by Crippen LogP contribution is 2.43. The number of ether oxygens (including phenoxy) is 1. The van der Waals surface area contributed by atoms with Gasteiger partial charge in [0.05, 0.1) is 5.56 Å². The van der Waals surface area contributed by atoms with Gasteiger partial charge < -0.3 is 9.64 Å². The average molecular weight is 353 g/mol. The molecule has 2 aliphatic heterocycles. The number of amides is 2. The Morgan fingerprint density at radius 2 is 1.81 bits per heavy atom. The third-order valence-electron chi connectivity index (χ3n) is 4.68. The lowest BCUT2D eigenvalue weighted by atomic mass is 9.84. The zero-order valence-electron chi connectivity index (χ0n) is 15.1. The lowest BCUT2D eigenvalue weighted by molar-refractivity contribution is -0.0363. The summed E-state index contributed by atoms with van der Waals surface area (Å²) in [7, 11) is 0. The van der Waals surface area contributed by atoms with E-state index in [4.69, 9.17) is 4.74 Å². The third-order valence-corrected chi connectivity index (χ3v) is 4.68. The molecule has 0 unspecified atom stereocenters. The monoisotopic (exact) mass is 353 g/mol. The van der Waals surface area contributed by atoms with Crippen molar-refractivity contribution < 1.29 is 14.3 Å². The van der Waals surface area contributed by atoms with Gasteiger partial charge in [-0.1, -0.05) is 38.1 Å². The van der Waals surface area contributed by atoms with Crippen molar-refractivity contribution >= 4 is 17.8 Å². The molecule has 6 nitrogen and oxygen atoms in total. The fraction of sp³-hybridized carbons (Fsp3) is 0.350. The molecule has 0 radical (unpaired) electrons. The molecule has 2 amide bonds. The number of hydrogen-bond donors (Lipinski definition) is 1. The van der Waals surface area contributed by atoms with Crippen molar-refractivity contribution in [3.05, 3.63) is 59.8 Å². The maximum atomic E-state index is 12.3. The van der Waals surface area contributed by atoms with E-state index in [1.807, 2.05) is 38.1 Å². The maximum absolute atomic E-state index is 12.3. The summed E-state index contributed by atoms with van der Waals surface area (Å²) in [4.78, 5) is 30.2. The van der Waals surface area contributed by atoms with Crippen molar-refractivity contribution in [2.75, 3.05) is 18.4 Å². The molecule has 3 heterocycles. The number of rotatable bonds is 1. The van der Waals surface area contributed by atoms with Crippen LogP contribution in [-0.4, -0.2) is 35.0 Å². The van der Waals surface area contributed by atoms with E-state index in [2.05, 4.69) is 10.3 Å². The summed E-state index contributed by atoms with van der Waals surface area (Å²) in [6, 6.07) is 12.7. The molecule has 1 N–H and O–H groups in total. The molecule has 2 aliphatic rings. The van der Waals surface area contributed by atoms with E-state index in [-0.39, 0.29) is 12.0 Å². The van der Waals surface area contributed by atoms with E-state index >= 15 is 0 Å². The Hall–Kier alpha value is -2.89. The Morgan fingerprint density at radius 3 is 2.50 bits per heavy atom. The van der Waals surface area contributed by atoms with Crippen molar-refractivity contribution in [1.29, 1.82) is 0 Å². The van der Waals surface area contributed by atoms with Gasteiger partial charge in [0.15, 0.2) is 0 Å². The van der Waals surface area contributed by atoms with Crippen LogP contribution in [0.4, 0.5) is 10.6 Å².